The molecule has 44 heavy (non-hydrogen) atoms. The Morgan fingerprint density at radius 2 is 1.16 bits per heavy atom. The molecule has 10 heteroatoms. The Bertz CT molecular complexity index is 749. The fourth-order valence-corrected chi connectivity index (χ4v) is 5.53. The van der Waals surface area contributed by atoms with E-state index >= 15 is 0 Å². The van der Waals surface area contributed by atoms with Crippen LogP contribution in [0.1, 0.15) is 162 Å². The first-order valence-electron chi connectivity index (χ1n) is 17.7. The molecule has 0 aromatic rings. The van der Waals surface area contributed by atoms with Crippen molar-refractivity contribution < 1.29 is 37.6 Å². The highest BCUT2D eigenvalue weighted by Gasteiger charge is 2.25. The lowest BCUT2D eigenvalue weighted by molar-refractivity contribution is -0.161. The van der Waals surface area contributed by atoms with E-state index in [4.69, 9.17) is 24.3 Å². The number of esters is 2. The number of allylic oxidation sites excluding steroid dienone is 2. The minimum absolute atomic E-state index is 0.0510. The van der Waals surface area contributed by atoms with Crippen LogP contribution in [0.15, 0.2) is 12.2 Å². The van der Waals surface area contributed by atoms with E-state index in [0.29, 0.717) is 6.42 Å². The first-order valence-corrected chi connectivity index (χ1v) is 19.2. The van der Waals surface area contributed by atoms with Crippen molar-refractivity contribution in [1.29, 1.82) is 0 Å². The first kappa shape index (κ1) is 42.8. The molecule has 0 aliphatic carbocycles. The van der Waals surface area contributed by atoms with Gasteiger partial charge in [-0.25, -0.2) is 4.57 Å². The quantitative estimate of drug-likeness (QED) is 0.0309. The topological polar surface area (TPSA) is 134 Å². The Morgan fingerprint density at radius 1 is 0.659 bits per heavy atom. The van der Waals surface area contributed by atoms with E-state index in [2.05, 4.69) is 19.9 Å². The number of nitrogens with two attached hydrogens (primary N) is 1. The van der Waals surface area contributed by atoms with Crippen LogP contribution in [0.3, 0.4) is 0 Å². The maximum atomic E-state index is 12.4. The molecule has 0 spiro atoms. The van der Waals surface area contributed by atoms with Crippen molar-refractivity contribution in [1.82, 2.24) is 0 Å². The Labute approximate surface area is 269 Å². The number of phosphoric acid groups is 1. The monoisotopic (exact) mass is 647 g/mol. The van der Waals surface area contributed by atoms with Gasteiger partial charge >= 0.3 is 19.8 Å². The van der Waals surface area contributed by atoms with Crippen molar-refractivity contribution in [3.63, 3.8) is 0 Å². The van der Waals surface area contributed by atoms with Gasteiger partial charge in [0.2, 0.25) is 0 Å². The Kier molecular flexibility index (Phi) is 30.8. The summed E-state index contributed by atoms with van der Waals surface area (Å²) in [5.74, 6) is -0.887. The molecule has 0 amide bonds. The van der Waals surface area contributed by atoms with E-state index in [1.807, 2.05) is 6.08 Å². The maximum absolute atomic E-state index is 12.4. The summed E-state index contributed by atoms with van der Waals surface area (Å²) < 4.78 is 32.4. The van der Waals surface area contributed by atoms with Crippen LogP contribution in [0.4, 0.5) is 0 Å². The van der Waals surface area contributed by atoms with E-state index in [0.717, 1.165) is 32.1 Å². The number of hydrogen-bond donors (Lipinski definition) is 2. The molecule has 0 aliphatic rings. The second-order valence-corrected chi connectivity index (χ2v) is 13.2. The zero-order valence-corrected chi connectivity index (χ0v) is 29.0. The molecule has 260 valence electrons. The zero-order chi connectivity index (χ0) is 32.6. The predicted octanol–water partition coefficient (Wildman–Crippen LogP) is 9.10. The fourth-order valence-electron chi connectivity index (χ4n) is 4.77. The van der Waals surface area contributed by atoms with Gasteiger partial charge in [-0.2, -0.15) is 0 Å². The maximum Gasteiger partial charge on any atom is 0.472 e. The number of hydrogen-bond acceptors (Lipinski definition) is 8. The largest absolute Gasteiger partial charge is 0.472 e. The summed E-state index contributed by atoms with van der Waals surface area (Å²) in [5.41, 5.74) is 5.31. The van der Waals surface area contributed by atoms with Crippen LogP contribution < -0.4 is 5.73 Å². The van der Waals surface area contributed by atoms with Crippen LogP contribution in [0.2, 0.25) is 0 Å². The highest BCUT2D eigenvalue weighted by molar-refractivity contribution is 7.47. The minimum atomic E-state index is -4.37. The molecule has 0 aromatic carbocycles. The van der Waals surface area contributed by atoms with E-state index in [1.165, 1.54) is 96.3 Å². The normalized spacial score (nSPS) is 13.6. The van der Waals surface area contributed by atoms with Gasteiger partial charge in [-0.15, -0.1) is 0 Å². The van der Waals surface area contributed by atoms with Gasteiger partial charge in [0, 0.05) is 19.4 Å². The number of phosphoric ester groups is 1. The molecular weight excluding hydrogens is 581 g/mol. The van der Waals surface area contributed by atoms with Crippen molar-refractivity contribution in [2.24, 2.45) is 5.73 Å². The van der Waals surface area contributed by atoms with Crippen LogP contribution in [-0.2, 0) is 32.7 Å². The fraction of sp³-hybridized carbons (Fsp3) is 0.882. The molecule has 0 rings (SSSR count). The molecule has 3 N–H and O–H groups in total. The second-order valence-electron chi connectivity index (χ2n) is 11.7. The van der Waals surface area contributed by atoms with Crippen molar-refractivity contribution in [2.45, 2.75) is 168 Å². The molecule has 0 saturated heterocycles. The minimum Gasteiger partial charge on any atom is -0.462 e. The summed E-state index contributed by atoms with van der Waals surface area (Å²) in [6, 6.07) is 0. The van der Waals surface area contributed by atoms with Gasteiger partial charge in [0.1, 0.15) is 6.61 Å². The molecule has 0 aromatic heterocycles. The van der Waals surface area contributed by atoms with Gasteiger partial charge in [-0.3, -0.25) is 18.6 Å². The zero-order valence-electron chi connectivity index (χ0n) is 28.2. The van der Waals surface area contributed by atoms with E-state index in [1.54, 1.807) is 0 Å². The lowest BCUT2D eigenvalue weighted by atomic mass is 10.1. The number of carbonyl (C=O) groups excluding carboxylic acids is 2. The van der Waals surface area contributed by atoms with E-state index in [-0.39, 0.29) is 32.6 Å². The Hall–Kier alpha value is -1.25. The molecule has 0 aliphatic heterocycles. The molecule has 0 bridgehead atoms. The summed E-state index contributed by atoms with van der Waals surface area (Å²) in [6.07, 6.45) is 28.4. The van der Waals surface area contributed by atoms with E-state index < -0.39 is 32.5 Å². The van der Waals surface area contributed by atoms with Crippen LogP contribution in [0.5, 0.6) is 0 Å². The smallest absolute Gasteiger partial charge is 0.462 e. The third kappa shape index (κ3) is 30.8. The summed E-state index contributed by atoms with van der Waals surface area (Å²) in [6.45, 7) is 3.64. The average molecular weight is 648 g/mol. The number of unbranched alkanes of at least 4 members (excludes halogenated alkanes) is 18. The molecule has 9 nitrogen and oxygen atoms in total. The van der Waals surface area contributed by atoms with Gasteiger partial charge in [0.25, 0.3) is 0 Å². The molecular formula is C34H66NO8P. The SMILES string of the molecule is CCCCCCCCCCCCC/C=C/CCC(=O)O[C@H](COC(=O)CCCCCCCCCC)COP(=O)(O)OCCN. The summed E-state index contributed by atoms with van der Waals surface area (Å²) in [4.78, 5) is 34.4. The van der Waals surface area contributed by atoms with Crippen LogP contribution in [0, 0.1) is 0 Å². The number of ether oxygens (including phenoxy) is 2. The third-order valence-corrected chi connectivity index (χ3v) is 8.40. The van der Waals surface area contributed by atoms with Gasteiger partial charge in [0.15, 0.2) is 6.10 Å². The summed E-state index contributed by atoms with van der Waals surface area (Å²) >= 11 is 0. The Morgan fingerprint density at radius 3 is 1.70 bits per heavy atom. The predicted molar refractivity (Wildman–Crippen MR) is 178 cm³/mol. The summed E-state index contributed by atoms with van der Waals surface area (Å²) in [7, 11) is -4.37. The number of rotatable bonds is 33. The summed E-state index contributed by atoms with van der Waals surface area (Å²) in [5, 5.41) is 0. The van der Waals surface area contributed by atoms with Gasteiger partial charge in [-0.05, 0) is 25.7 Å². The Balaban J connectivity index is 4.27. The molecule has 1 unspecified atom stereocenters. The highest BCUT2D eigenvalue weighted by Crippen LogP contribution is 2.43. The van der Waals surface area contributed by atoms with Gasteiger partial charge in [-0.1, -0.05) is 135 Å². The molecule has 0 radical (unpaired) electrons. The average Bonchev–Trinajstić information content (AvgIpc) is 3.00. The molecule has 2 atom stereocenters. The molecule has 0 saturated carbocycles. The van der Waals surface area contributed by atoms with Crippen molar-refractivity contribution in [2.75, 3.05) is 26.4 Å². The standard InChI is InChI=1S/C34H66NO8P/c1-3-5-7-9-11-13-14-15-16-17-18-19-21-23-25-27-34(37)43-32(31-42-44(38,39)41-29-28-35)30-40-33(36)26-24-22-20-12-10-8-6-4-2/h21,23,32H,3-20,22,24-31,35H2,1-2H3,(H,38,39)/b23-21+/t32-/m1/s1. The lowest BCUT2D eigenvalue weighted by Crippen LogP contribution is -2.29. The molecule has 0 fully saturated rings. The lowest BCUT2D eigenvalue weighted by Gasteiger charge is -2.19. The third-order valence-electron chi connectivity index (χ3n) is 7.41. The number of carbonyl (C=O) groups is 2. The van der Waals surface area contributed by atoms with Gasteiger partial charge < -0.3 is 20.1 Å². The first-order chi connectivity index (χ1) is 21.3. The van der Waals surface area contributed by atoms with Gasteiger partial charge in [0.05, 0.1) is 13.2 Å². The second kappa shape index (κ2) is 31.7. The van der Waals surface area contributed by atoms with Crippen LogP contribution >= 0.6 is 7.82 Å². The molecule has 0 heterocycles. The highest BCUT2D eigenvalue weighted by atomic mass is 31.2. The van der Waals surface area contributed by atoms with Crippen molar-refractivity contribution >= 4 is 19.8 Å². The van der Waals surface area contributed by atoms with Crippen LogP contribution in [-0.4, -0.2) is 49.3 Å². The van der Waals surface area contributed by atoms with E-state index in [9.17, 15) is 19.0 Å². The van der Waals surface area contributed by atoms with Crippen LogP contribution in [0.25, 0.3) is 0 Å². The van der Waals surface area contributed by atoms with Crippen molar-refractivity contribution in [3.8, 4) is 0 Å². The van der Waals surface area contributed by atoms with Crippen molar-refractivity contribution in [3.05, 3.63) is 12.2 Å².